The highest BCUT2D eigenvalue weighted by Gasteiger charge is 2.27. The largest absolute Gasteiger partial charge is 0.315 e. The van der Waals surface area contributed by atoms with Crippen LogP contribution in [0.25, 0.3) is 0 Å². The Kier molecular flexibility index (Phi) is 6.55. The smallest absolute Gasteiger partial charge is 0.0475 e. The average Bonchev–Trinajstić information content (AvgIpc) is 2.74. The van der Waals surface area contributed by atoms with E-state index in [1.165, 1.54) is 44.2 Å². The molecule has 1 fully saturated rings. The van der Waals surface area contributed by atoms with Crippen molar-refractivity contribution in [2.75, 3.05) is 19.6 Å². The van der Waals surface area contributed by atoms with E-state index < -0.39 is 0 Å². The normalized spacial score (nSPS) is 22.4. The van der Waals surface area contributed by atoms with Crippen LogP contribution in [-0.4, -0.2) is 30.6 Å². The van der Waals surface area contributed by atoms with E-state index in [9.17, 15) is 0 Å². The van der Waals surface area contributed by atoms with Crippen molar-refractivity contribution in [3.05, 3.63) is 35.9 Å². The van der Waals surface area contributed by atoms with Crippen LogP contribution >= 0.6 is 0 Å². The van der Waals surface area contributed by atoms with Gasteiger partial charge in [0, 0.05) is 18.6 Å². The molecule has 112 valence electrons. The molecule has 0 saturated carbocycles. The molecule has 2 nitrogen and oxygen atoms in total. The fourth-order valence-electron chi connectivity index (χ4n) is 3.43. The molecule has 2 unspecified atom stereocenters. The maximum absolute atomic E-state index is 3.57. The van der Waals surface area contributed by atoms with E-state index in [-0.39, 0.29) is 0 Å². The predicted molar refractivity (Wildman–Crippen MR) is 87.0 cm³/mol. The Morgan fingerprint density at radius 1 is 1.15 bits per heavy atom. The van der Waals surface area contributed by atoms with E-state index >= 15 is 0 Å². The average molecular weight is 274 g/mol. The first-order valence-corrected chi connectivity index (χ1v) is 8.38. The van der Waals surface area contributed by atoms with Crippen LogP contribution in [0.1, 0.15) is 57.6 Å². The molecule has 1 aromatic carbocycles. The van der Waals surface area contributed by atoms with Gasteiger partial charge in [0.25, 0.3) is 0 Å². The fourth-order valence-corrected chi connectivity index (χ4v) is 3.43. The minimum atomic E-state index is 0.527. The van der Waals surface area contributed by atoms with Crippen molar-refractivity contribution < 1.29 is 0 Å². The lowest BCUT2D eigenvalue weighted by Crippen LogP contribution is -2.42. The predicted octanol–water partition coefficient (Wildman–Crippen LogP) is 3.99. The van der Waals surface area contributed by atoms with E-state index in [2.05, 4.69) is 54.4 Å². The molecule has 0 bridgehead atoms. The summed E-state index contributed by atoms with van der Waals surface area (Å²) in [5, 5.41) is 3.57. The Balaban J connectivity index is 2.19. The van der Waals surface area contributed by atoms with Gasteiger partial charge < -0.3 is 5.32 Å². The maximum atomic E-state index is 3.57. The molecule has 0 aromatic heterocycles. The first-order chi connectivity index (χ1) is 9.86. The van der Waals surface area contributed by atoms with Gasteiger partial charge in [-0.25, -0.2) is 0 Å². The summed E-state index contributed by atoms with van der Waals surface area (Å²) in [6.45, 7) is 7.91. The molecule has 2 atom stereocenters. The third kappa shape index (κ3) is 4.07. The van der Waals surface area contributed by atoms with E-state index in [1.807, 2.05) is 0 Å². The minimum absolute atomic E-state index is 0.527. The summed E-state index contributed by atoms with van der Waals surface area (Å²) < 4.78 is 0. The fraction of sp³-hybridized carbons (Fsp3) is 0.667. The minimum Gasteiger partial charge on any atom is -0.315 e. The Morgan fingerprint density at radius 3 is 2.65 bits per heavy atom. The summed E-state index contributed by atoms with van der Waals surface area (Å²) >= 11 is 0. The molecule has 0 spiro atoms. The molecule has 1 N–H and O–H groups in total. The number of likely N-dealkylation sites (tertiary alicyclic amines) is 1. The second kappa shape index (κ2) is 8.43. The highest BCUT2D eigenvalue weighted by atomic mass is 15.2. The van der Waals surface area contributed by atoms with Crippen LogP contribution in [-0.2, 0) is 0 Å². The quantitative estimate of drug-likeness (QED) is 0.843. The summed E-state index contributed by atoms with van der Waals surface area (Å²) in [7, 11) is 0. The number of likely N-dealkylation sites (N-methyl/N-ethyl adjacent to an activating group) is 1. The molecule has 1 heterocycles. The molecule has 0 radical (unpaired) electrons. The van der Waals surface area contributed by atoms with Crippen molar-refractivity contribution in [2.24, 2.45) is 0 Å². The second-order valence-electron chi connectivity index (χ2n) is 5.88. The van der Waals surface area contributed by atoms with Gasteiger partial charge in [-0.2, -0.15) is 0 Å². The van der Waals surface area contributed by atoms with E-state index in [0.29, 0.717) is 6.04 Å². The summed E-state index contributed by atoms with van der Waals surface area (Å²) in [5.74, 6) is 0. The lowest BCUT2D eigenvalue weighted by atomic mass is 10.0. The second-order valence-corrected chi connectivity index (χ2v) is 5.88. The van der Waals surface area contributed by atoms with Crippen LogP contribution in [0, 0.1) is 0 Å². The zero-order valence-electron chi connectivity index (χ0n) is 13.1. The third-order valence-corrected chi connectivity index (χ3v) is 4.57. The Labute approximate surface area is 124 Å². The zero-order valence-corrected chi connectivity index (χ0v) is 13.1. The number of hydrogen-bond donors (Lipinski definition) is 1. The highest BCUT2D eigenvalue weighted by molar-refractivity contribution is 5.20. The van der Waals surface area contributed by atoms with Crippen LogP contribution in [0.15, 0.2) is 30.3 Å². The standard InChI is InChI=1S/C18H30N2/c1-3-17-13-9-6-10-14-20(17)18(15-19-4-2)16-11-7-5-8-12-16/h5,7-8,11-12,17-19H,3-4,6,9-10,13-15H2,1-2H3. The van der Waals surface area contributed by atoms with Crippen LogP contribution in [0.2, 0.25) is 0 Å². The van der Waals surface area contributed by atoms with Crippen molar-refractivity contribution in [1.29, 1.82) is 0 Å². The Hall–Kier alpha value is -0.860. The molecular weight excluding hydrogens is 244 g/mol. The van der Waals surface area contributed by atoms with Crippen LogP contribution in [0.5, 0.6) is 0 Å². The van der Waals surface area contributed by atoms with Gasteiger partial charge in [0.2, 0.25) is 0 Å². The van der Waals surface area contributed by atoms with E-state index in [4.69, 9.17) is 0 Å². The molecule has 0 aliphatic carbocycles. The van der Waals surface area contributed by atoms with Crippen LogP contribution in [0.4, 0.5) is 0 Å². The molecule has 1 saturated heterocycles. The lowest BCUT2D eigenvalue weighted by Gasteiger charge is -2.37. The molecule has 2 heteroatoms. The summed E-state index contributed by atoms with van der Waals surface area (Å²) in [5.41, 5.74) is 1.47. The first kappa shape index (κ1) is 15.5. The number of nitrogens with zero attached hydrogens (tertiary/aromatic N) is 1. The lowest BCUT2D eigenvalue weighted by molar-refractivity contribution is 0.130. The van der Waals surface area contributed by atoms with Gasteiger partial charge in [-0.05, 0) is 37.9 Å². The topological polar surface area (TPSA) is 15.3 Å². The van der Waals surface area contributed by atoms with Crippen molar-refractivity contribution in [2.45, 2.75) is 58.0 Å². The number of rotatable bonds is 6. The monoisotopic (exact) mass is 274 g/mol. The van der Waals surface area contributed by atoms with Crippen molar-refractivity contribution in [3.63, 3.8) is 0 Å². The molecule has 1 aliphatic heterocycles. The summed E-state index contributed by atoms with van der Waals surface area (Å²) in [6, 6.07) is 12.3. The molecule has 2 rings (SSSR count). The van der Waals surface area contributed by atoms with Crippen molar-refractivity contribution in [1.82, 2.24) is 10.2 Å². The molecular formula is C18H30N2. The molecule has 1 aromatic rings. The maximum Gasteiger partial charge on any atom is 0.0475 e. The van der Waals surface area contributed by atoms with Gasteiger partial charge in [-0.15, -0.1) is 0 Å². The van der Waals surface area contributed by atoms with E-state index in [0.717, 1.165) is 19.1 Å². The Bertz CT molecular complexity index is 363. The van der Waals surface area contributed by atoms with Crippen molar-refractivity contribution >= 4 is 0 Å². The Morgan fingerprint density at radius 2 is 1.95 bits per heavy atom. The van der Waals surface area contributed by atoms with Crippen LogP contribution in [0.3, 0.4) is 0 Å². The van der Waals surface area contributed by atoms with E-state index in [1.54, 1.807) is 0 Å². The SMILES string of the molecule is CCNCC(c1ccccc1)N1CCCCCC1CC. The summed E-state index contributed by atoms with van der Waals surface area (Å²) in [6.07, 6.45) is 6.79. The van der Waals surface area contributed by atoms with Gasteiger partial charge in [0.05, 0.1) is 0 Å². The molecule has 20 heavy (non-hydrogen) atoms. The van der Waals surface area contributed by atoms with Gasteiger partial charge in [-0.1, -0.05) is 57.0 Å². The number of nitrogens with one attached hydrogen (secondary N) is 1. The van der Waals surface area contributed by atoms with Gasteiger partial charge in [-0.3, -0.25) is 4.90 Å². The third-order valence-electron chi connectivity index (χ3n) is 4.57. The first-order valence-electron chi connectivity index (χ1n) is 8.38. The summed E-state index contributed by atoms with van der Waals surface area (Å²) in [4.78, 5) is 2.77. The molecule has 1 aliphatic rings. The molecule has 0 amide bonds. The van der Waals surface area contributed by atoms with Crippen molar-refractivity contribution in [3.8, 4) is 0 Å². The van der Waals surface area contributed by atoms with Crippen LogP contribution < -0.4 is 5.32 Å². The number of hydrogen-bond acceptors (Lipinski definition) is 2. The van der Waals surface area contributed by atoms with Gasteiger partial charge in [0.15, 0.2) is 0 Å². The number of benzene rings is 1. The highest BCUT2D eigenvalue weighted by Crippen LogP contribution is 2.29. The van der Waals surface area contributed by atoms with Gasteiger partial charge in [0.1, 0.15) is 0 Å². The zero-order chi connectivity index (χ0) is 14.2. The van der Waals surface area contributed by atoms with Gasteiger partial charge >= 0.3 is 0 Å².